The van der Waals surface area contributed by atoms with E-state index in [9.17, 15) is 4.79 Å². The smallest absolute Gasteiger partial charge is 0.357 e. The molecule has 112 valence electrons. The van der Waals surface area contributed by atoms with Crippen LogP contribution in [0.4, 0.5) is 0 Å². The highest BCUT2D eigenvalue weighted by molar-refractivity contribution is 7.79. The Hall–Kier alpha value is -1.52. The van der Waals surface area contributed by atoms with Crippen molar-refractivity contribution in [2.45, 2.75) is 13.3 Å². The van der Waals surface area contributed by atoms with Gasteiger partial charge >= 0.3 is 5.97 Å². The van der Waals surface area contributed by atoms with E-state index in [4.69, 9.17) is 16.3 Å². The van der Waals surface area contributed by atoms with Crippen LogP contribution in [0.2, 0.25) is 5.15 Å². The molecule has 0 saturated carbocycles. The number of rotatable bonds is 4. The van der Waals surface area contributed by atoms with E-state index in [2.05, 4.69) is 24.2 Å². The van der Waals surface area contributed by atoms with Crippen LogP contribution in [-0.4, -0.2) is 23.8 Å². The number of fused-ring (bicyclic) bond motifs is 1. The predicted molar refractivity (Wildman–Crippen MR) is 92.3 cm³/mol. The standard InChI is InChI=1S/C15H14ClNO2.CH4S/c1-3-7-19-15(18)13-9-11-8-10(4-2)5-6-12(11)14(16)17-13;1-2/h4-6,8-9H,2-3,7H2,1H3;2H,1H3. The highest BCUT2D eigenvalue weighted by atomic mass is 35.5. The van der Waals surface area contributed by atoms with Gasteiger partial charge in [0.2, 0.25) is 0 Å². The molecule has 0 aliphatic heterocycles. The van der Waals surface area contributed by atoms with Gasteiger partial charge in [-0.05, 0) is 35.8 Å². The number of benzene rings is 1. The zero-order chi connectivity index (χ0) is 15.8. The number of pyridine rings is 1. The van der Waals surface area contributed by atoms with Crippen LogP contribution in [0.5, 0.6) is 0 Å². The molecule has 0 fully saturated rings. The first-order valence-electron chi connectivity index (χ1n) is 6.50. The van der Waals surface area contributed by atoms with Gasteiger partial charge in [-0.1, -0.05) is 43.3 Å². The van der Waals surface area contributed by atoms with Gasteiger partial charge in [0, 0.05) is 5.39 Å². The molecule has 21 heavy (non-hydrogen) atoms. The molecule has 2 rings (SSSR count). The molecule has 0 N–H and O–H groups in total. The SMILES string of the molecule is C=Cc1ccc2c(Cl)nc(C(=O)OCCC)cc2c1.CS. The Morgan fingerprint density at radius 3 is 2.76 bits per heavy atom. The summed E-state index contributed by atoms with van der Waals surface area (Å²) in [5, 5.41) is 1.96. The van der Waals surface area contributed by atoms with E-state index >= 15 is 0 Å². The molecule has 3 nitrogen and oxygen atoms in total. The van der Waals surface area contributed by atoms with Crippen LogP contribution in [-0.2, 0) is 4.74 Å². The van der Waals surface area contributed by atoms with Crippen LogP contribution >= 0.6 is 24.2 Å². The van der Waals surface area contributed by atoms with E-state index in [0.717, 1.165) is 22.8 Å². The van der Waals surface area contributed by atoms with Crippen molar-refractivity contribution < 1.29 is 9.53 Å². The highest BCUT2D eigenvalue weighted by Crippen LogP contribution is 2.24. The van der Waals surface area contributed by atoms with Crippen LogP contribution < -0.4 is 0 Å². The van der Waals surface area contributed by atoms with Crippen LogP contribution in [0.3, 0.4) is 0 Å². The van der Waals surface area contributed by atoms with Gasteiger partial charge in [0.15, 0.2) is 5.69 Å². The maximum absolute atomic E-state index is 11.8. The minimum Gasteiger partial charge on any atom is -0.461 e. The molecule has 2 aromatic rings. The van der Waals surface area contributed by atoms with Crippen molar-refractivity contribution in [1.82, 2.24) is 4.98 Å². The predicted octanol–water partition coefficient (Wildman–Crippen LogP) is 4.64. The lowest BCUT2D eigenvalue weighted by Gasteiger charge is -2.06. The number of ether oxygens (including phenoxy) is 1. The minimum absolute atomic E-state index is 0.229. The fraction of sp³-hybridized carbons (Fsp3) is 0.250. The average molecular weight is 324 g/mol. The molecular formula is C16H18ClNO2S. The van der Waals surface area contributed by atoms with Gasteiger partial charge in [0.05, 0.1) is 6.61 Å². The molecule has 0 spiro atoms. The number of thiol groups is 1. The molecule has 0 aliphatic rings. The normalized spacial score (nSPS) is 9.71. The van der Waals surface area contributed by atoms with Crippen LogP contribution in [0, 0.1) is 0 Å². The number of carbonyl (C=O) groups is 1. The number of nitrogens with zero attached hydrogens (tertiary/aromatic N) is 1. The maximum Gasteiger partial charge on any atom is 0.357 e. The fourth-order valence-electron chi connectivity index (χ4n) is 1.73. The lowest BCUT2D eigenvalue weighted by Crippen LogP contribution is -2.08. The van der Waals surface area contributed by atoms with Crippen LogP contribution in [0.1, 0.15) is 29.4 Å². The Kier molecular flexibility index (Phi) is 7.26. The molecule has 1 heterocycles. The Morgan fingerprint density at radius 1 is 1.43 bits per heavy atom. The largest absolute Gasteiger partial charge is 0.461 e. The van der Waals surface area contributed by atoms with E-state index in [0.29, 0.717) is 11.8 Å². The highest BCUT2D eigenvalue weighted by Gasteiger charge is 2.12. The molecule has 0 unspecified atom stereocenters. The molecular weight excluding hydrogens is 306 g/mol. The fourth-order valence-corrected chi connectivity index (χ4v) is 2.00. The van der Waals surface area contributed by atoms with E-state index in [1.54, 1.807) is 18.4 Å². The van der Waals surface area contributed by atoms with Crippen LogP contribution in [0.25, 0.3) is 16.8 Å². The van der Waals surface area contributed by atoms with Gasteiger partial charge < -0.3 is 4.74 Å². The molecule has 0 amide bonds. The molecule has 0 atom stereocenters. The summed E-state index contributed by atoms with van der Waals surface area (Å²) < 4.78 is 5.06. The van der Waals surface area contributed by atoms with Gasteiger partial charge in [0.25, 0.3) is 0 Å². The Balaban J connectivity index is 0.00000106. The summed E-state index contributed by atoms with van der Waals surface area (Å²) in [5.74, 6) is -0.449. The number of hydrogen-bond acceptors (Lipinski definition) is 4. The van der Waals surface area contributed by atoms with E-state index < -0.39 is 5.97 Å². The van der Waals surface area contributed by atoms with Crippen molar-refractivity contribution >= 4 is 47.0 Å². The Morgan fingerprint density at radius 2 is 2.14 bits per heavy atom. The first-order chi connectivity index (χ1) is 10.2. The lowest BCUT2D eigenvalue weighted by molar-refractivity contribution is 0.0498. The lowest BCUT2D eigenvalue weighted by atomic mass is 10.1. The molecule has 5 heteroatoms. The number of aromatic nitrogens is 1. The molecule has 1 aromatic heterocycles. The van der Waals surface area contributed by atoms with Crippen molar-refractivity contribution in [3.8, 4) is 0 Å². The number of esters is 1. The zero-order valence-corrected chi connectivity index (χ0v) is 13.7. The first kappa shape index (κ1) is 17.5. The van der Waals surface area contributed by atoms with E-state index in [1.165, 1.54) is 0 Å². The number of hydrogen-bond donors (Lipinski definition) is 1. The Bertz CT molecular complexity index is 643. The van der Waals surface area contributed by atoms with Crippen molar-refractivity contribution in [1.29, 1.82) is 0 Å². The first-order valence-corrected chi connectivity index (χ1v) is 7.77. The van der Waals surface area contributed by atoms with Crippen molar-refractivity contribution in [2.75, 3.05) is 12.9 Å². The summed E-state index contributed by atoms with van der Waals surface area (Å²) in [6.45, 7) is 6.03. The maximum atomic E-state index is 11.8. The number of halogens is 1. The molecule has 0 saturated heterocycles. The summed E-state index contributed by atoms with van der Waals surface area (Å²) in [6.07, 6.45) is 4.20. The molecule has 0 bridgehead atoms. The quantitative estimate of drug-likeness (QED) is 0.506. The summed E-state index contributed by atoms with van der Waals surface area (Å²) in [7, 11) is 0. The summed E-state index contributed by atoms with van der Waals surface area (Å²) >= 11 is 9.62. The van der Waals surface area contributed by atoms with Crippen LogP contribution in [0.15, 0.2) is 30.8 Å². The second kappa shape index (κ2) is 8.70. The zero-order valence-electron chi connectivity index (χ0n) is 12.1. The average Bonchev–Trinajstić information content (AvgIpc) is 2.53. The van der Waals surface area contributed by atoms with E-state index in [1.807, 2.05) is 25.1 Å². The molecule has 0 aliphatic carbocycles. The van der Waals surface area contributed by atoms with Crippen molar-refractivity contribution in [3.05, 3.63) is 47.3 Å². The van der Waals surface area contributed by atoms with Gasteiger partial charge in [-0.3, -0.25) is 0 Å². The van der Waals surface area contributed by atoms with Gasteiger partial charge in [-0.2, -0.15) is 12.6 Å². The monoisotopic (exact) mass is 323 g/mol. The summed E-state index contributed by atoms with van der Waals surface area (Å²) in [4.78, 5) is 15.9. The third-order valence-corrected chi connectivity index (χ3v) is 2.98. The summed E-state index contributed by atoms with van der Waals surface area (Å²) in [6, 6.07) is 7.36. The van der Waals surface area contributed by atoms with Gasteiger partial charge in [-0.15, -0.1) is 0 Å². The topological polar surface area (TPSA) is 39.2 Å². The minimum atomic E-state index is -0.449. The third-order valence-electron chi connectivity index (χ3n) is 2.69. The van der Waals surface area contributed by atoms with Crippen molar-refractivity contribution in [2.24, 2.45) is 0 Å². The van der Waals surface area contributed by atoms with Crippen molar-refractivity contribution in [3.63, 3.8) is 0 Å². The Labute approximate surface area is 135 Å². The van der Waals surface area contributed by atoms with Gasteiger partial charge in [-0.25, -0.2) is 9.78 Å². The second-order valence-electron chi connectivity index (χ2n) is 4.12. The van der Waals surface area contributed by atoms with Gasteiger partial charge in [0.1, 0.15) is 5.15 Å². The summed E-state index contributed by atoms with van der Waals surface area (Å²) in [5.41, 5.74) is 1.19. The third kappa shape index (κ3) is 4.48. The molecule has 1 aromatic carbocycles. The number of carbonyl (C=O) groups excluding carboxylic acids is 1. The van der Waals surface area contributed by atoms with E-state index in [-0.39, 0.29) is 5.69 Å². The molecule has 0 radical (unpaired) electrons. The second-order valence-corrected chi connectivity index (χ2v) is 4.48.